The molecule has 0 radical (unpaired) electrons. The topological polar surface area (TPSA) is 41.5 Å². The van der Waals surface area contributed by atoms with Crippen molar-refractivity contribution in [1.82, 2.24) is 0 Å². The summed E-state index contributed by atoms with van der Waals surface area (Å²) in [4.78, 5) is 16.2. The van der Waals surface area contributed by atoms with Crippen molar-refractivity contribution in [2.24, 2.45) is 4.99 Å². The van der Waals surface area contributed by atoms with Crippen LogP contribution in [0.1, 0.15) is 31.4 Å². The van der Waals surface area contributed by atoms with Gasteiger partial charge in [-0.25, -0.2) is 0 Å². The summed E-state index contributed by atoms with van der Waals surface area (Å²) in [6, 6.07) is 6.12. The highest BCUT2D eigenvalue weighted by Gasteiger charge is 2.25. The first-order valence-corrected chi connectivity index (χ1v) is 5.62. The molecule has 1 N–H and O–H groups in total. The number of carbonyl (C=O) groups excluding carboxylic acids is 1. The normalized spacial score (nSPS) is 18.4. The average molecular weight is 216 g/mol. The van der Waals surface area contributed by atoms with Crippen molar-refractivity contribution in [2.45, 2.75) is 33.2 Å². The highest BCUT2D eigenvalue weighted by molar-refractivity contribution is 6.53. The largest absolute Gasteiger partial charge is 0.320 e. The van der Waals surface area contributed by atoms with Crippen LogP contribution in [0.15, 0.2) is 23.2 Å². The van der Waals surface area contributed by atoms with E-state index in [-0.39, 0.29) is 11.9 Å². The molecule has 0 unspecified atom stereocenters. The van der Waals surface area contributed by atoms with Gasteiger partial charge in [0, 0.05) is 11.6 Å². The van der Waals surface area contributed by atoms with Crippen LogP contribution in [0.5, 0.6) is 0 Å². The molecule has 1 aromatic carbocycles. The standard InChI is InChI=1S/C13H16N2O/c1-4-9(3)14-12-10-7-8(2)5-6-11(10)15-13(12)16/h5-7,9H,4H2,1-3H3,(H,14,15,16)/t9-/m0/s1. The van der Waals surface area contributed by atoms with Crippen molar-refractivity contribution < 1.29 is 4.79 Å². The quantitative estimate of drug-likeness (QED) is 0.811. The third-order valence-corrected chi connectivity index (χ3v) is 2.83. The number of nitrogens with zero attached hydrogens (tertiary/aromatic N) is 1. The number of rotatable bonds is 2. The van der Waals surface area contributed by atoms with Gasteiger partial charge in [0.15, 0.2) is 0 Å². The Morgan fingerprint density at radius 3 is 2.88 bits per heavy atom. The van der Waals surface area contributed by atoms with Gasteiger partial charge in [0.1, 0.15) is 5.71 Å². The molecule has 0 saturated heterocycles. The van der Waals surface area contributed by atoms with E-state index >= 15 is 0 Å². The zero-order valence-corrected chi connectivity index (χ0v) is 9.87. The molecule has 3 nitrogen and oxygen atoms in total. The van der Waals surface area contributed by atoms with Gasteiger partial charge in [-0.15, -0.1) is 0 Å². The molecule has 1 amide bonds. The van der Waals surface area contributed by atoms with Gasteiger partial charge >= 0.3 is 0 Å². The van der Waals surface area contributed by atoms with Crippen LogP contribution in [0.2, 0.25) is 0 Å². The molecule has 0 aromatic heterocycles. The Balaban J connectivity index is 2.46. The lowest BCUT2D eigenvalue weighted by molar-refractivity contribution is -0.110. The van der Waals surface area contributed by atoms with Crippen LogP contribution in [0.4, 0.5) is 5.69 Å². The van der Waals surface area contributed by atoms with Gasteiger partial charge in [-0.05, 0) is 32.4 Å². The number of hydrogen-bond donors (Lipinski definition) is 1. The fraction of sp³-hybridized carbons (Fsp3) is 0.385. The van der Waals surface area contributed by atoms with E-state index in [1.807, 2.05) is 32.0 Å². The zero-order valence-electron chi connectivity index (χ0n) is 9.87. The molecule has 84 valence electrons. The predicted octanol–water partition coefficient (Wildman–Crippen LogP) is 2.53. The number of anilines is 1. The maximum absolute atomic E-state index is 11.8. The van der Waals surface area contributed by atoms with Crippen LogP contribution >= 0.6 is 0 Å². The van der Waals surface area contributed by atoms with E-state index in [0.29, 0.717) is 5.71 Å². The minimum Gasteiger partial charge on any atom is -0.320 e. The van der Waals surface area contributed by atoms with E-state index < -0.39 is 0 Å². The van der Waals surface area contributed by atoms with Crippen LogP contribution in [0, 0.1) is 6.92 Å². The molecule has 2 rings (SSSR count). The van der Waals surface area contributed by atoms with Crippen LogP contribution in [0.3, 0.4) is 0 Å². The number of amides is 1. The average Bonchev–Trinajstić information content (AvgIpc) is 2.55. The highest BCUT2D eigenvalue weighted by Crippen LogP contribution is 2.24. The summed E-state index contributed by atoms with van der Waals surface area (Å²) in [5, 5.41) is 2.83. The van der Waals surface area contributed by atoms with Gasteiger partial charge in [0.25, 0.3) is 5.91 Å². The van der Waals surface area contributed by atoms with Gasteiger partial charge in [0.05, 0.1) is 5.69 Å². The highest BCUT2D eigenvalue weighted by atomic mass is 16.2. The summed E-state index contributed by atoms with van der Waals surface area (Å²) in [6.45, 7) is 6.11. The molecule has 1 aliphatic heterocycles. The third kappa shape index (κ3) is 1.85. The minimum atomic E-state index is -0.0825. The summed E-state index contributed by atoms with van der Waals surface area (Å²) in [5.41, 5.74) is 3.53. The van der Waals surface area contributed by atoms with E-state index in [1.54, 1.807) is 0 Å². The molecule has 1 heterocycles. The van der Waals surface area contributed by atoms with E-state index in [2.05, 4.69) is 17.2 Å². The number of hydrogen-bond acceptors (Lipinski definition) is 2. The molecule has 1 aliphatic rings. The fourth-order valence-corrected chi connectivity index (χ4v) is 1.71. The second-order valence-electron chi connectivity index (χ2n) is 4.24. The maximum atomic E-state index is 11.8. The van der Waals surface area contributed by atoms with Gasteiger partial charge in [0.2, 0.25) is 0 Å². The number of aryl methyl sites for hydroxylation is 1. The van der Waals surface area contributed by atoms with E-state index in [9.17, 15) is 4.79 Å². The molecule has 1 aromatic rings. The van der Waals surface area contributed by atoms with Crippen molar-refractivity contribution >= 4 is 17.3 Å². The predicted molar refractivity (Wildman–Crippen MR) is 66.1 cm³/mol. The van der Waals surface area contributed by atoms with Crippen LogP contribution in [-0.2, 0) is 4.79 Å². The Morgan fingerprint density at radius 1 is 1.44 bits per heavy atom. The second-order valence-corrected chi connectivity index (χ2v) is 4.24. The van der Waals surface area contributed by atoms with E-state index in [4.69, 9.17) is 0 Å². The van der Waals surface area contributed by atoms with E-state index in [0.717, 1.165) is 23.2 Å². The lowest BCUT2D eigenvalue weighted by atomic mass is 10.1. The molecule has 3 heteroatoms. The Bertz CT molecular complexity index is 463. The van der Waals surface area contributed by atoms with Gasteiger partial charge in [-0.1, -0.05) is 18.6 Å². The molecule has 0 aliphatic carbocycles. The lowest BCUT2D eigenvalue weighted by Gasteiger charge is -2.03. The molecule has 1 atom stereocenters. The van der Waals surface area contributed by atoms with Crippen LogP contribution in [-0.4, -0.2) is 17.7 Å². The number of aliphatic imine (C=N–C) groups is 1. The first-order valence-electron chi connectivity index (χ1n) is 5.62. The Kier molecular flexibility index (Phi) is 2.77. The van der Waals surface area contributed by atoms with Gasteiger partial charge in [-0.2, -0.15) is 0 Å². The minimum absolute atomic E-state index is 0.0825. The summed E-state index contributed by atoms with van der Waals surface area (Å²) in [7, 11) is 0. The van der Waals surface area contributed by atoms with Crippen molar-refractivity contribution in [3.05, 3.63) is 29.3 Å². The number of fused-ring (bicyclic) bond motifs is 1. The molecular formula is C13H16N2O. The second kappa shape index (κ2) is 4.08. The fourth-order valence-electron chi connectivity index (χ4n) is 1.71. The molecule has 16 heavy (non-hydrogen) atoms. The Morgan fingerprint density at radius 2 is 2.19 bits per heavy atom. The van der Waals surface area contributed by atoms with Crippen molar-refractivity contribution in [1.29, 1.82) is 0 Å². The summed E-state index contributed by atoms with van der Waals surface area (Å²) < 4.78 is 0. The van der Waals surface area contributed by atoms with Crippen molar-refractivity contribution in [3.63, 3.8) is 0 Å². The number of carbonyl (C=O) groups is 1. The Labute approximate surface area is 95.6 Å². The molecular weight excluding hydrogens is 200 g/mol. The van der Waals surface area contributed by atoms with Crippen molar-refractivity contribution in [2.75, 3.05) is 5.32 Å². The zero-order chi connectivity index (χ0) is 11.7. The monoisotopic (exact) mass is 216 g/mol. The van der Waals surface area contributed by atoms with Crippen molar-refractivity contribution in [3.8, 4) is 0 Å². The van der Waals surface area contributed by atoms with E-state index in [1.165, 1.54) is 0 Å². The number of nitrogens with one attached hydrogen (secondary N) is 1. The molecule has 0 spiro atoms. The van der Waals surface area contributed by atoms with Gasteiger partial charge in [-0.3, -0.25) is 9.79 Å². The molecule has 0 saturated carbocycles. The molecule has 0 bridgehead atoms. The van der Waals surface area contributed by atoms with Gasteiger partial charge < -0.3 is 5.32 Å². The Hall–Kier alpha value is -1.64. The first kappa shape index (κ1) is 10.9. The summed E-state index contributed by atoms with van der Waals surface area (Å²) >= 11 is 0. The SMILES string of the molecule is CC[C@H](C)N=C1C(=O)Nc2ccc(C)cc21. The smallest absolute Gasteiger partial charge is 0.274 e. The first-order chi connectivity index (χ1) is 7.61. The lowest BCUT2D eigenvalue weighted by Crippen LogP contribution is -2.16. The summed E-state index contributed by atoms with van der Waals surface area (Å²) in [5.74, 6) is -0.0825. The van der Waals surface area contributed by atoms with Crippen LogP contribution in [0.25, 0.3) is 0 Å². The van der Waals surface area contributed by atoms with Crippen LogP contribution < -0.4 is 5.32 Å². The third-order valence-electron chi connectivity index (χ3n) is 2.83. The maximum Gasteiger partial charge on any atom is 0.274 e. The number of benzene rings is 1. The summed E-state index contributed by atoms with van der Waals surface area (Å²) in [6.07, 6.45) is 0.942. The molecule has 0 fully saturated rings.